The second-order valence-corrected chi connectivity index (χ2v) is 12.3. The lowest BCUT2D eigenvalue weighted by Crippen LogP contribution is -2.32. The van der Waals surface area contributed by atoms with Crippen LogP contribution in [-0.2, 0) is 33.4 Å². The van der Waals surface area contributed by atoms with Crippen LogP contribution in [0.1, 0.15) is 180 Å². The van der Waals surface area contributed by atoms with E-state index in [0.29, 0.717) is 12.8 Å². The number of esters is 2. The van der Waals surface area contributed by atoms with Crippen LogP contribution in [0.4, 0.5) is 0 Å². The number of carboxylic acids is 3. The zero-order valence-electron chi connectivity index (χ0n) is 27.8. The number of aliphatic carboxylic acids is 3. The van der Waals surface area contributed by atoms with Crippen molar-refractivity contribution in [3.05, 3.63) is 0 Å². The first kappa shape index (κ1) is 42.3. The highest BCUT2D eigenvalue weighted by molar-refractivity contribution is 5.78. The van der Waals surface area contributed by atoms with Crippen LogP contribution in [0.25, 0.3) is 0 Å². The predicted molar refractivity (Wildman–Crippen MR) is 173 cm³/mol. The molecule has 0 aromatic carbocycles. The maximum Gasteiger partial charge on any atom is 0.348 e. The summed E-state index contributed by atoms with van der Waals surface area (Å²) in [5.41, 5.74) is 0. The first-order valence-electron chi connectivity index (χ1n) is 17.7. The summed E-state index contributed by atoms with van der Waals surface area (Å²) < 4.78 is 10.1. The van der Waals surface area contributed by atoms with Gasteiger partial charge < -0.3 is 24.8 Å². The summed E-state index contributed by atoms with van der Waals surface area (Å²) in [7, 11) is 0. The fourth-order valence-electron chi connectivity index (χ4n) is 5.24. The molecule has 0 saturated carbocycles. The van der Waals surface area contributed by atoms with Crippen molar-refractivity contribution >= 4 is 29.8 Å². The molecule has 10 nitrogen and oxygen atoms in total. The molecule has 1 unspecified atom stereocenters. The van der Waals surface area contributed by atoms with Crippen molar-refractivity contribution in [2.75, 3.05) is 6.61 Å². The standard InChI is InChI=1S/C35H62O10/c36-31(37)25-21-17-13-9-5-1-3-7-11-15-19-23-27-33(40)44-29-30(35(42)43)45-34(41)28-24-20-16-12-8-4-2-6-10-14-18-22-26-32(38)39/h30H,1-29H2,(H,36,37)(H,38,39)(H,42,43). The molecule has 0 aromatic rings. The van der Waals surface area contributed by atoms with Crippen LogP contribution < -0.4 is 0 Å². The van der Waals surface area contributed by atoms with Crippen LogP contribution in [-0.4, -0.2) is 57.9 Å². The molecule has 1 atom stereocenters. The second kappa shape index (κ2) is 31.3. The summed E-state index contributed by atoms with van der Waals surface area (Å²) in [6.07, 6.45) is 24.2. The molecule has 0 rings (SSSR count). The number of carboxylic acid groups (broad SMARTS) is 3. The van der Waals surface area contributed by atoms with Gasteiger partial charge in [-0.05, 0) is 25.7 Å². The van der Waals surface area contributed by atoms with Gasteiger partial charge in [0.15, 0.2) is 0 Å². The Morgan fingerprint density at radius 2 is 0.644 bits per heavy atom. The second-order valence-electron chi connectivity index (χ2n) is 12.3. The Morgan fingerprint density at radius 3 is 0.933 bits per heavy atom. The molecule has 0 amide bonds. The van der Waals surface area contributed by atoms with Gasteiger partial charge in [-0.3, -0.25) is 19.2 Å². The van der Waals surface area contributed by atoms with Crippen molar-refractivity contribution < 1.29 is 48.8 Å². The number of hydrogen-bond acceptors (Lipinski definition) is 7. The van der Waals surface area contributed by atoms with Crippen molar-refractivity contribution in [3.63, 3.8) is 0 Å². The summed E-state index contributed by atoms with van der Waals surface area (Å²) >= 11 is 0. The smallest absolute Gasteiger partial charge is 0.348 e. The predicted octanol–water partition coefficient (Wildman–Crippen LogP) is 8.62. The zero-order valence-corrected chi connectivity index (χ0v) is 27.8. The van der Waals surface area contributed by atoms with Gasteiger partial charge in [-0.2, -0.15) is 0 Å². The molecule has 3 N–H and O–H groups in total. The number of unbranched alkanes of at least 4 members (excludes halogenated alkanes) is 22. The molecular formula is C35H62O10. The van der Waals surface area contributed by atoms with Crippen molar-refractivity contribution in [1.29, 1.82) is 0 Å². The molecule has 0 aliphatic heterocycles. The highest BCUT2D eigenvalue weighted by atomic mass is 16.6. The Labute approximate surface area is 271 Å². The van der Waals surface area contributed by atoms with Crippen molar-refractivity contribution in [2.24, 2.45) is 0 Å². The first-order chi connectivity index (χ1) is 21.7. The third kappa shape index (κ3) is 32.6. The van der Waals surface area contributed by atoms with Crippen LogP contribution >= 0.6 is 0 Å². The van der Waals surface area contributed by atoms with E-state index >= 15 is 0 Å². The quantitative estimate of drug-likeness (QED) is 0.0457. The Kier molecular flexibility index (Phi) is 29.5. The summed E-state index contributed by atoms with van der Waals surface area (Å²) in [6.45, 7) is -0.470. The largest absolute Gasteiger partial charge is 0.481 e. The van der Waals surface area contributed by atoms with E-state index < -0.39 is 42.6 Å². The summed E-state index contributed by atoms with van der Waals surface area (Å²) in [4.78, 5) is 56.5. The molecule has 0 fully saturated rings. The van der Waals surface area contributed by atoms with Crippen molar-refractivity contribution in [2.45, 2.75) is 186 Å². The van der Waals surface area contributed by atoms with Gasteiger partial charge in [0, 0.05) is 25.7 Å². The van der Waals surface area contributed by atoms with Gasteiger partial charge in [0.1, 0.15) is 6.61 Å². The number of hydrogen-bond donors (Lipinski definition) is 3. The highest BCUT2D eigenvalue weighted by Gasteiger charge is 2.24. The van der Waals surface area contributed by atoms with E-state index in [1.165, 1.54) is 38.5 Å². The van der Waals surface area contributed by atoms with Gasteiger partial charge in [0.25, 0.3) is 0 Å². The Bertz CT molecular complexity index is 782. The third-order valence-electron chi connectivity index (χ3n) is 7.99. The van der Waals surface area contributed by atoms with Crippen LogP contribution in [0.5, 0.6) is 0 Å². The van der Waals surface area contributed by atoms with Gasteiger partial charge in [0.2, 0.25) is 6.10 Å². The van der Waals surface area contributed by atoms with Crippen LogP contribution in [0.2, 0.25) is 0 Å². The Morgan fingerprint density at radius 1 is 0.378 bits per heavy atom. The topological polar surface area (TPSA) is 164 Å². The molecule has 0 bridgehead atoms. The van der Waals surface area contributed by atoms with Crippen LogP contribution in [0.15, 0.2) is 0 Å². The minimum absolute atomic E-state index is 0.147. The first-order valence-corrected chi connectivity index (χ1v) is 17.7. The fourth-order valence-corrected chi connectivity index (χ4v) is 5.24. The van der Waals surface area contributed by atoms with Crippen molar-refractivity contribution in [1.82, 2.24) is 0 Å². The van der Waals surface area contributed by atoms with Gasteiger partial charge in [0.05, 0.1) is 0 Å². The minimum Gasteiger partial charge on any atom is -0.481 e. The summed E-state index contributed by atoms with van der Waals surface area (Å²) in [5, 5.41) is 26.6. The molecule has 0 radical (unpaired) electrons. The molecule has 10 heteroatoms. The molecular weight excluding hydrogens is 580 g/mol. The van der Waals surface area contributed by atoms with E-state index in [2.05, 4.69) is 0 Å². The molecule has 0 spiro atoms. The Balaban J connectivity index is 3.64. The molecule has 0 saturated heterocycles. The third-order valence-corrected chi connectivity index (χ3v) is 7.99. The SMILES string of the molecule is O=C(O)CCCCCCCCCCCCCCC(=O)OCC(OC(=O)CCCCCCCCCCCCCCC(=O)O)C(=O)O. The lowest BCUT2D eigenvalue weighted by atomic mass is 10.0. The Hall–Kier alpha value is -2.65. The van der Waals surface area contributed by atoms with Crippen molar-refractivity contribution in [3.8, 4) is 0 Å². The lowest BCUT2D eigenvalue weighted by molar-refractivity contribution is -0.171. The highest BCUT2D eigenvalue weighted by Crippen LogP contribution is 2.15. The lowest BCUT2D eigenvalue weighted by Gasteiger charge is -2.14. The van der Waals surface area contributed by atoms with Crippen LogP contribution in [0, 0.1) is 0 Å². The van der Waals surface area contributed by atoms with E-state index in [4.69, 9.17) is 19.7 Å². The fraction of sp³-hybridized carbons (Fsp3) is 0.857. The molecule has 45 heavy (non-hydrogen) atoms. The normalized spacial score (nSPS) is 11.6. The molecule has 262 valence electrons. The van der Waals surface area contributed by atoms with E-state index in [1.54, 1.807) is 0 Å². The van der Waals surface area contributed by atoms with Gasteiger partial charge in [-0.1, -0.05) is 128 Å². The number of carbonyl (C=O) groups excluding carboxylic acids is 2. The van der Waals surface area contributed by atoms with E-state index in [0.717, 1.165) is 103 Å². The maximum absolute atomic E-state index is 12.1. The average molecular weight is 643 g/mol. The van der Waals surface area contributed by atoms with Gasteiger partial charge >= 0.3 is 29.8 Å². The molecule has 0 heterocycles. The monoisotopic (exact) mass is 642 g/mol. The maximum atomic E-state index is 12.1. The average Bonchev–Trinajstić information content (AvgIpc) is 2.99. The van der Waals surface area contributed by atoms with Gasteiger partial charge in [-0.25, -0.2) is 4.79 Å². The number of ether oxygens (including phenoxy) is 2. The number of rotatable bonds is 34. The van der Waals surface area contributed by atoms with Crippen LogP contribution in [0.3, 0.4) is 0 Å². The number of carbonyl (C=O) groups is 5. The molecule has 0 aromatic heterocycles. The molecule has 0 aliphatic carbocycles. The molecule has 0 aliphatic rings. The van der Waals surface area contributed by atoms with E-state index in [9.17, 15) is 29.1 Å². The minimum atomic E-state index is -1.48. The van der Waals surface area contributed by atoms with E-state index in [-0.39, 0.29) is 25.7 Å². The summed E-state index contributed by atoms with van der Waals surface area (Å²) in [5.74, 6) is -3.82. The van der Waals surface area contributed by atoms with Gasteiger partial charge in [-0.15, -0.1) is 0 Å². The van der Waals surface area contributed by atoms with E-state index in [1.807, 2.05) is 0 Å². The zero-order chi connectivity index (χ0) is 33.4. The summed E-state index contributed by atoms with van der Waals surface area (Å²) in [6, 6.07) is 0.